The molecule has 0 saturated carbocycles. The molecule has 0 amide bonds. The maximum absolute atomic E-state index is 5.52. The highest BCUT2D eigenvalue weighted by atomic mass is 16.5. The molecule has 1 unspecified atom stereocenters. The normalized spacial score (nSPS) is 13.0. The van der Waals surface area contributed by atoms with Gasteiger partial charge in [-0.05, 0) is 45.6 Å². The summed E-state index contributed by atoms with van der Waals surface area (Å²) in [6.07, 6.45) is 7.43. The largest absolute Gasteiger partial charge is 0.381 e. The summed E-state index contributed by atoms with van der Waals surface area (Å²) in [5.74, 6) is 0. The molecule has 2 nitrogen and oxygen atoms in total. The minimum Gasteiger partial charge on any atom is -0.381 e. The van der Waals surface area contributed by atoms with E-state index in [1.807, 2.05) is 0 Å². The molecule has 2 heteroatoms. The van der Waals surface area contributed by atoms with Crippen LogP contribution in [0.4, 0.5) is 0 Å². The molecular weight excluding hydrogens is 186 g/mol. The molecule has 0 bridgehead atoms. The number of hydrogen-bond acceptors (Lipinski definition) is 2. The van der Waals surface area contributed by atoms with Gasteiger partial charge in [0.05, 0.1) is 0 Å². The Morgan fingerprint density at radius 2 is 1.73 bits per heavy atom. The van der Waals surface area contributed by atoms with Gasteiger partial charge in [-0.1, -0.05) is 20.3 Å². The summed E-state index contributed by atoms with van der Waals surface area (Å²) >= 11 is 0. The zero-order chi connectivity index (χ0) is 11.4. The minimum absolute atomic E-state index is 0.667. The monoisotopic (exact) mass is 215 g/mol. The Balaban J connectivity index is 3.02. The first-order valence-electron chi connectivity index (χ1n) is 6.62. The van der Waals surface area contributed by atoms with Gasteiger partial charge in [-0.3, -0.25) is 0 Å². The van der Waals surface area contributed by atoms with Crippen molar-refractivity contribution in [1.29, 1.82) is 0 Å². The second-order valence-electron chi connectivity index (χ2n) is 4.32. The van der Waals surface area contributed by atoms with Crippen LogP contribution in [0.15, 0.2) is 0 Å². The molecule has 0 spiro atoms. The smallest absolute Gasteiger partial charge is 0.0466 e. The van der Waals surface area contributed by atoms with Crippen molar-refractivity contribution >= 4 is 0 Å². The second kappa shape index (κ2) is 12.0. The van der Waals surface area contributed by atoms with Crippen LogP contribution in [0.2, 0.25) is 0 Å². The molecule has 0 aliphatic rings. The lowest BCUT2D eigenvalue weighted by molar-refractivity contribution is 0.126. The van der Waals surface area contributed by atoms with Crippen LogP contribution >= 0.6 is 0 Å². The lowest BCUT2D eigenvalue weighted by atomic mass is 10.1. The zero-order valence-electron chi connectivity index (χ0n) is 10.8. The van der Waals surface area contributed by atoms with Crippen LogP contribution < -0.4 is 5.32 Å². The van der Waals surface area contributed by atoms with E-state index in [0.29, 0.717) is 6.04 Å². The standard InChI is InChI=1S/C13H29NO/c1-4-6-11-15-12-8-7-9-13(3)14-10-5-2/h13-14H,4-12H2,1-3H3. The van der Waals surface area contributed by atoms with E-state index in [4.69, 9.17) is 4.74 Å². The zero-order valence-corrected chi connectivity index (χ0v) is 10.8. The molecule has 92 valence electrons. The molecule has 0 heterocycles. The highest BCUT2D eigenvalue weighted by Gasteiger charge is 1.99. The van der Waals surface area contributed by atoms with E-state index in [9.17, 15) is 0 Å². The maximum Gasteiger partial charge on any atom is 0.0466 e. The Labute approximate surface area is 95.8 Å². The van der Waals surface area contributed by atoms with E-state index in [2.05, 4.69) is 26.1 Å². The van der Waals surface area contributed by atoms with Crippen LogP contribution in [0.1, 0.15) is 59.3 Å². The minimum atomic E-state index is 0.667. The van der Waals surface area contributed by atoms with E-state index in [1.165, 1.54) is 38.5 Å². The molecule has 1 atom stereocenters. The third kappa shape index (κ3) is 11.8. The van der Waals surface area contributed by atoms with Crippen molar-refractivity contribution in [3.8, 4) is 0 Å². The van der Waals surface area contributed by atoms with Crippen LogP contribution in [0, 0.1) is 0 Å². The predicted octanol–water partition coefficient (Wildman–Crippen LogP) is 3.36. The van der Waals surface area contributed by atoms with Crippen molar-refractivity contribution in [2.75, 3.05) is 19.8 Å². The second-order valence-corrected chi connectivity index (χ2v) is 4.32. The van der Waals surface area contributed by atoms with Crippen LogP contribution in [-0.4, -0.2) is 25.8 Å². The van der Waals surface area contributed by atoms with E-state index in [-0.39, 0.29) is 0 Å². The van der Waals surface area contributed by atoms with Gasteiger partial charge in [-0.2, -0.15) is 0 Å². The predicted molar refractivity (Wildman–Crippen MR) is 67.3 cm³/mol. The number of nitrogens with one attached hydrogen (secondary N) is 1. The first kappa shape index (κ1) is 14.9. The average Bonchev–Trinajstić information content (AvgIpc) is 2.25. The summed E-state index contributed by atoms with van der Waals surface area (Å²) in [5, 5.41) is 3.50. The van der Waals surface area contributed by atoms with Crippen LogP contribution in [-0.2, 0) is 4.74 Å². The fraction of sp³-hybridized carbons (Fsp3) is 1.00. The Bertz CT molecular complexity index is 117. The maximum atomic E-state index is 5.52. The van der Waals surface area contributed by atoms with Crippen LogP contribution in [0.3, 0.4) is 0 Å². The number of rotatable bonds is 11. The first-order chi connectivity index (χ1) is 7.31. The van der Waals surface area contributed by atoms with Crippen LogP contribution in [0.25, 0.3) is 0 Å². The first-order valence-corrected chi connectivity index (χ1v) is 6.62. The summed E-state index contributed by atoms with van der Waals surface area (Å²) in [6.45, 7) is 9.72. The van der Waals surface area contributed by atoms with Gasteiger partial charge in [0, 0.05) is 19.3 Å². The van der Waals surface area contributed by atoms with Crippen molar-refractivity contribution in [3.63, 3.8) is 0 Å². The number of hydrogen-bond donors (Lipinski definition) is 1. The van der Waals surface area contributed by atoms with E-state index < -0.39 is 0 Å². The molecule has 0 rings (SSSR count). The molecule has 0 aliphatic carbocycles. The third-order valence-corrected chi connectivity index (χ3v) is 2.56. The van der Waals surface area contributed by atoms with Gasteiger partial charge in [-0.25, -0.2) is 0 Å². The van der Waals surface area contributed by atoms with Crippen molar-refractivity contribution in [2.45, 2.75) is 65.3 Å². The van der Waals surface area contributed by atoms with Crippen molar-refractivity contribution in [2.24, 2.45) is 0 Å². The molecule has 1 N–H and O–H groups in total. The molecule has 0 aromatic carbocycles. The van der Waals surface area contributed by atoms with Gasteiger partial charge in [0.2, 0.25) is 0 Å². The molecule has 0 aliphatic heterocycles. The topological polar surface area (TPSA) is 21.3 Å². The highest BCUT2D eigenvalue weighted by molar-refractivity contribution is 4.59. The van der Waals surface area contributed by atoms with Crippen LogP contribution in [0.5, 0.6) is 0 Å². The van der Waals surface area contributed by atoms with Gasteiger partial charge in [0.1, 0.15) is 0 Å². The van der Waals surface area contributed by atoms with Gasteiger partial charge < -0.3 is 10.1 Å². The summed E-state index contributed by atoms with van der Waals surface area (Å²) in [7, 11) is 0. The molecule has 0 radical (unpaired) electrons. The third-order valence-electron chi connectivity index (χ3n) is 2.56. The lowest BCUT2D eigenvalue weighted by Gasteiger charge is -2.12. The fourth-order valence-electron chi connectivity index (χ4n) is 1.50. The Morgan fingerprint density at radius 1 is 1.00 bits per heavy atom. The van der Waals surface area contributed by atoms with Crippen molar-refractivity contribution in [1.82, 2.24) is 5.32 Å². The van der Waals surface area contributed by atoms with E-state index in [0.717, 1.165) is 19.8 Å². The molecule has 0 fully saturated rings. The highest BCUT2D eigenvalue weighted by Crippen LogP contribution is 2.01. The Morgan fingerprint density at radius 3 is 2.40 bits per heavy atom. The quantitative estimate of drug-likeness (QED) is 0.534. The Kier molecular flexibility index (Phi) is 11.9. The Hall–Kier alpha value is -0.0800. The summed E-state index contributed by atoms with van der Waals surface area (Å²) < 4.78 is 5.52. The van der Waals surface area contributed by atoms with E-state index in [1.54, 1.807) is 0 Å². The number of unbranched alkanes of at least 4 members (excludes halogenated alkanes) is 2. The number of ether oxygens (including phenoxy) is 1. The molecule has 0 aromatic heterocycles. The summed E-state index contributed by atoms with van der Waals surface area (Å²) in [6, 6.07) is 0.667. The van der Waals surface area contributed by atoms with Crippen molar-refractivity contribution in [3.05, 3.63) is 0 Å². The molecular formula is C13H29NO. The van der Waals surface area contributed by atoms with Gasteiger partial charge >= 0.3 is 0 Å². The molecule has 15 heavy (non-hydrogen) atoms. The lowest BCUT2D eigenvalue weighted by Crippen LogP contribution is -2.26. The van der Waals surface area contributed by atoms with Gasteiger partial charge in [-0.15, -0.1) is 0 Å². The molecule has 0 aromatic rings. The molecule has 0 saturated heterocycles. The van der Waals surface area contributed by atoms with E-state index >= 15 is 0 Å². The fourth-order valence-corrected chi connectivity index (χ4v) is 1.50. The summed E-state index contributed by atoms with van der Waals surface area (Å²) in [4.78, 5) is 0. The SMILES string of the molecule is CCCCOCCCCC(C)NCCC. The average molecular weight is 215 g/mol. The van der Waals surface area contributed by atoms with Gasteiger partial charge in [0.15, 0.2) is 0 Å². The van der Waals surface area contributed by atoms with Gasteiger partial charge in [0.25, 0.3) is 0 Å². The van der Waals surface area contributed by atoms with Crippen molar-refractivity contribution < 1.29 is 4.74 Å². The summed E-state index contributed by atoms with van der Waals surface area (Å²) in [5.41, 5.74) is 0.